The number of rotatable bonds is 5. The van der Waals surface area contributed by atoms with E-state index in [1.807, 2.05) is 30.3 Å². The first-order chi connectivity index (χ1) is 12.5. The summed E-state index contributed by atoms with van der Waals surface area (Å²) in [7, 11) is 0. The fourth-order valence-electron chi connectivity index (χ4n) is 3.01. The molecule has 4 N–H and O–H groups in total. The van der Waals surface area contributed by atoms with E-state index in [4.69, 9.17) is 20.9 Å². The number of hydrogen-bond donors (Lipinski definition) is 2. The van der Waals surface area contributed by atoms with Gasteiger partial charge in [0, 0.05) is 17.3 Å². The first-order valence-corrected chi connectivity index (χ1v) is 8.69. The molecule has 0 saturated heterocycles. The molecule has 5 heteroatoms. The molecule has 0 spiro atoms. The van der Waals surface area contributed by atoms with Gasteiger partial charge < -0.3 is 20.9 Å². The Morgan fingerprint density at radius 3 is 2.73 bits per heavy atom. The van der Waals surface area contributed by atoms with E-state index in [-0.39, 0.29) is 11.8 Å². The number of nitrogen functional groups attached to an aromatic ring is 1. The zero-order valence-electron chi connectivity index (χ0n) is 15.0. The largest absolute Gasteiger partial charge is 0.494 e. The maximum atomic E-state index is 9.62. The molecule has 0 saturated carbocycles. The van der Waals surface area contributed by atoms with Crippen LogP contribution in [0.2, 0.25) is 0 Å². The number of hydrogen-bond acceptors (Lipinski definition) is 5. The zero-order valence-corrected chi connectivity index (χ0v) is 15.0. The summed E-state index contributed by atoms with van der Waals surface area (Å²) in [5, 5.41) is 9.62. The number of nitrogens with two attached hydrogens (primary N) is 2. The normalized spacial score (nSPS) is 16.0. The van der Waals surface area contributed by atoms with Gasteiger partial charge in [-0.2, -0.15) is 5.26 Å². The van der Waals surface area contributed by atoms with Crippen LogP contribution in [-0.4, -0.2) is 6.61 Å². The van der Waals surface area contributed by atoms with Gasteiger partial charge in [0.25, 0.3) is 0 Å². The highest BCUT2D eigenvalue weighted by Crippen LogP contribution is 2.43. The van der Waals surface area contributed by atoms with Crippen LogP contribution in [-0.2, 0) is 0 Å². The van der Waals surface area contributed by atoms with Crippen molar-refractivity contribution in [2.45, 2.75) is 26.2 Å². The second kappa shape index (κ2) is 7.40. The average Bonchev–Trinajstić information content (AvgIpc) is 2.60. The second-order valence-electron chi connectivity index (χ2n) is 6.83. The summed E-state index contributed by atoms with van der Waals surface area (Å²) in [4.78, 5) is 0. The number of nitriles is 1. The lowest BCUT2D eigenvalue weighted by molar-refractivity contribution is 0.289. The van der Waals surface area contributed by atoms with Crippen LogP contribution in [0.3, 0.4) is 0 Å². The predicted molar refractivity (Wildman–Crippen MR) is 102 cm³/mol. The van der Waals surface area contributed by atoms with E-state index in [0.29, 0.717) is 29.5 Å². The quantitative estimate of drug-likeness (QED) is 0.798. The fraction of sp³-hybridized carbons (Fsp3) is 0.286. The van der Waals surface area contributed by atoms with Gasteiger partial charge in [0.05, 0.1) is 12.5 Å². The highest BCUT2D eigenvalue weighted by Gasteiger charge is 2.30. The molecule has 26 heavy (non-hydrogen) atoms. The Hall–Kier alpha value is -3.13. The number of ether oxygens (including phenoxy) is 2. The van der Waals surface area contributed by atoms with Crippen molar-refractivity contribution >= 4 is 5.69 Å². The van der Waals surface area contributed by atoms with Crippen LogP contribution in [0.25, 0.3) is 0 Å². The number of nitrogens with zero attached hydrogens (tertiary/aromatic N) is 1. The lowest BCUT2D eigenvalue weighted by Gasteiger charge is -2.26. The minimum Gasteiger partial charge on any atom is -0.494 e. The lowest BCUT2D eigenvalue weighted by atomic mass is 9.83. The van der Waals surface area contributed by atoms with E-state index >= 15 is 0 Å². The van der Waals surface area contributed by atoms with E-state index in [9.17, 15) is 5.26 Å². The van der Waals surface area contributed by atoms with Crippen molar-refractivity contribution in [3.63, 3.8) is 0 Å². The molecule has 3 rings (SSSR count). The van der Waals surface area contributed by atoms with Crippen molar-refractivity contribution < 1.29 is 9.47 Å². The number of benzene rings is 2. The molecule has 2 aromatic rings. The van der Waals surface area contributed by atoms with Gasteiger partial charge >= 0.3 is 0 Å². The van der Waals surface area contributed by atoms with E-state index in [1.54, 1.807) is 12.1 Å². The molecule has 1 aliphatic heterocycles. The molecule has 5 nitrogen and oxygen atoms in total. The van der Waals surface area contributed by atoms with Crippen molar-refractivity contribution in [1.82, 2.24) is 0 Å². The topological polar surface area (TPSA) is 94.3 Å². The summed E-state index contributed by atoms with van der Waals surface area (Å²) in [6.07, 6.45) is 0.986. The van der Waals surface area contributed by atoms with Crippen molar-refractivity contribution in [3.8, 4) is 17.6 Å². The minimum atomic E-state index is -0.307. The van der Waals surface area contributed by atoms with Gasteiger partial charge in [-0.1, -0.05) is 32.0 Å². The van der Waals surface area contributed by atoms with Gasteiger partial charge in [0.2, 0.25) is 5.88 Å². The van der Waals surface area contributed by atoms with Gasteiger partial charge in [-0.25, -0.2) is 0 Å². The van der Waals surface area contributed by atoms with Gasteiger partial charge in [-0.15, -0.1) is 0 Å². The zero-order chi connectivity index (χ0) is 18.7. The molecule has 1 aliphatic rings. The summed E-state index contributed by atoms with van der Waals surface area (Å²) in [6, 6.07) is 15.4. The smallest absolute Gasteiger partial charge is 0.205 e. The Balaban J connectivity index is 1.98. The van der Waals surface area contributed by atoms with Crippen LogP contribution >= 0.6 is 0 Å². The lowest BCUT2D eigenvalue weighted by Crippen LogP contribution is -2.21. The molecule has 1 heterocycles. The van der Waals surface area contributed by atoms with Crippen LogP contribution in [0.4, 0.5) is 5.69 Å². The van der Waals surface area contributed by atoms with E-state index in [0.717, 1.165) is 23.3 Å². The van der Waals surface area contributed by atoms with Crippen LogP contribution in [0.1, 0.15) is 37.3 Å². The standard InChI is InChI=1S/C21H23N3O2/c1-13(2)8-9-25-16-5-3-4-14(10-16)20-17-7-6-15(23)11-19(17)26-21(24)18(20)12-22/h3-7,10-11,13,20H,8-9,23-24H2,1-2H3/t20-/m0/s1. The summed E-state index contributed by atoms with van der Waals surface area (Å²) in [5.74, 6) is 1.75. The van der Waals surface area contributed by atoms with E-state index < -0.39 is 0 Å². The number of allylic oxidation sites excluding steroid dienone is 1. The number of fused-ring (bicyclic) bond motifs is 1. The van der Waals surface area contributed by atoms with Crippen molar-refractivity contribution in [1.29, 1.82) is 5.26 Å². The molecule has 0 radical (unpaired) electrons. The second-order valence-corrected chi connectivity index (χ2v) is 6.83. The SMILES string of the molecule is CC(C)CCOc1cccc([C@@H]2C(C#N)=C(N)Oc3cc(N)ccc32)c1. The predicted octanol–water partition coefficient (Wildman–Crippen LogP) is 3.91. The molecule has 0 bridgehead atoms. The Morgan fingerprint density at radius 2 is 2.00 bits per heavy atom. The summed E-state index contributed by atoms with van der Waals surface area (Å²) in [6.45, 7) is 4.99. The summed E-state index contributed by atoms with van der Waals surface area (Å²) < 4.78 is 11.5. The molecule has 2 aromatic carbocycles. The molecule has 1 atom stereocenters. The third-order valence-corrected chi connectivity index (χ3v) is 4.40. The molecule has 0 aromatic heterocycles. The third kappa shape index (κ3) is 3.60. The fourth-order valence-corrected chi connectivity index (χ4v) is 3.01. The molecule has 134 valence electrons. The van der Waals surface area contributed by atoms with Crippen molar-refractivity contribution in [3.05, 3.63) is 65.0 Å². The van der Waals surface area contributed by atoms with Crippen molar-refractivity contribution in [2.24, 2.45) is 11.7 Å². The van der Waals surface area contributed by atoms with Crippen LogP contribution in [0, 0.1) is 17.2 Å². The average molecular weight is 349 g/mol. The third-order valence-electron chi connectivity index (χ3n) is 4.40. The molecular formula is C21H23N3O2. The first kappa shape index (κ1) is 17.7. The van der Waals surface area contributed by atoms with Gasteiger partial charge in [-0.3, -0.25) is 0 Å². The Bertz CT molecular complexity index is 881. The Labute approximate surface area is 153 Å². The highest BCUT2D eigenvalue weighted by atomic mass is 16.5. The minimum absolute atomic E-state index is 0.113. The monoisotopic (exact) mass is 349 g/mol. The van der Waals surface area contributed by atoms with Crippen molar-refractivity contribution in [2.75, 3.05) is 12.3 Å². The maximum absolute atomic E-state index is 9.62. The molecule has 0 amide bonds. The Morgan fingerprint density at radius 1 is 1.19 bits per heavy atom. The highest BCUT2D eigenvalue weighted by molar-refractivity contribution is 5.59. The molecule has 0 unspecified atom stereocenters. The first-order valence-electron chi connectivity index (χ1n) is 8.69. The van der Waals surface area contributed by atoms with Crippen LogP contribution < -0.4 is 20.9 Å². The summed E-state index contributed by atoms with van der Waals surface area (Å²) >= 11 is 0. The van der Waals surface area contributed by atoms with Gasteiger partial charge in [0.15, 0.2) is 0 Å². The van der Waals surface area contributed by atoms with Gasteiger partial charge in [0.1, 0.15) is 23.1 Å². The summed E-state index contributed by atoms with van der Waals surface area (Å²) in [5.41, 5.74) is 14.6. The maximum Gasteiger partial charge on any atom is 0.205 e. The Kier molecular flexibility index (Phi) is 5.04. The van der Waals surface area contributed by atoms with Gasteiger partial charge in [-0.05, 0) is 36.1 Å². The van der Waals surface area contributed by atoms with Crippen LogP contribution in [0.5, 0.6) is 11.5 Å². The van der Waals surface area contributed by atoms with Crippen LogP contribution in [0.15, 0.2) is 53.9 Å². The number of anilines is 1. The molecule has 0 fully saturated rings. The van der Waals surface area contributed by atoms with E-state index in [2.05, 4.69) is 19.9 Å². The molecule has 0 aliphatic carbocycles. The molecular weight excluding hydrogens is 326 g/mol. The van der Waals surface area contributed by atoms with E-state index in [1.165, 1.54) is 0 Å².